The number of carboxylic acids is 1. The zero-order valence-corrected chi connectivity index (χ0v) is 20.2. The molecule has 36 heavy (non-hydrogen) atoms. The molecule has 16 heteroatoms. The van der Waals surface area contributed by atoms with Crippen molar-refractivity contribution in [1.82, 2.24) is 23.4 Å². The highest BCUT2D eigenvalue weighted by Crippen LogP contribution is 2.21. The molecular weight excluding hydrogens is 525 g/mol. The fourth-order valence-corrected chi connectivity index (χ4v) is 5.09. The second-order valence-corrected chi connectivity index (χ2v) is 9.68. The van der Waals surface area contributed by atoms with Gasteiger partial charge in [0.15, 0.2) is 0 Å². The first-order chi connectivity index (χ1) is 17.0. The highest BCUT2D eigenvalue weighted by atomic mass is 32.2. The maximum Gasteiger partial charge on any atom is 0.490 e. The lowest BCUT2D eigenvalue weighted by Crippen LogP contribution is -2.49. The quantitative estimate of drug-likeness (QED) is 0.472. The largest absolute Gasteiger partial charge is 0.490 e. The fourth-order valence-electron chi connectivity index (χ4n) is 3.30. The standard InChI is InChI=1S/C18H20N6O3S2.C2HF3O2/c25-17(24-12-10-23(11-13-24)14-4-7-19-8-5-14)6-9-20-29(26,27)16-3-1-2-15-18(16)22-28-21-15;3-2(4,5)1(6)7/h1-5,7-8,20H,6,9-13H2;(H,6,7). The number of hydrogen-bond donors (Lipinski definition) is 2. The molecule has 3 heterocycles. The van der Waals surface area contributed by atoms with Crippen molar-refractivity contribution < 1.29 is 36.3 Å². The Morgan fingerprint density at radius 3 is 2.31 bits per heavy atom. The molecular formula is C20H21F3N6O5S2. The van der Waals surface area contributed by atoms with Crippen LogP contribution in [0.5, 0.6) is 0 Å². The minimum atomic E-state index is -5.08. The summed E-state index contributed by atoms with van der Waals surface area (Å²) in [6.45, 7) is 2.73. The number of anilines is 1. The minimum Gasteiger partial charge on any atom is -0.475 e. The molecule has 3 aromatic rings. The number of hydrogen-bond acceptors (Lipinski definition) is 9. The van der Waals surface area contributed by atoms with Crippen molar-refractivity contribution in [3.05, 3.63) is 42.7 Å². The van der Waals surface area contributed by atoms with E-state index in [0.717, 1.165) is 30.5 Å². The van der Waals surface area contributed by atoms with Gasteiger partial charge in [0.1, 0.15) is 15.9 Å². The molecule has 4 rings (SSSR count). The van der Waals surface area contributed by atoms with Crippen LogP contribution in [0.1, 0.15) is 6.42 Å². The molecule has 1 aliphatic rings. The third kappa shape index (κ3) is 7.08. The Bertz CT molecular complexity index is 1300. The Morgan fingerprint density at radius 1 is 1.06 bits per heavy atom. The van der Waals surface area contributed by atoms with Crippen molar-refractivity contribution in [2.24, 2.45) is 0 Å². The first-order valence-corrected chi connectivity index (χ1v) is 12.6. The zero-order valence-electron chi connectivity index (χ0n) is 18.6. The van der Waals surface area contributed by atoms with Gasteiger partial charge < -0.3 is 14.9 Å². The summed E-state index contributed by atoms with van der Waals surface area (Å²) in [4.78, 5) is 29.5. The molecule has 0 unspecified atom stereocenters. The summed E-state index contributed by atoms with van der Waals surface area (Å²) in [5.74, 6) is -2.82. The van der Waals surface area contributed by atoms with Crippen LogP contribution in [-0.2, 0) is 19.6 Å². The smallest absolute Gasteiger partial charge is 0.475 e. The van der Waals surface area contributed by atoms with E-state index in [2.05, 4.69) is 23.4 Å². The molecule has 11 nitrogen and oxygen atoms in total. The second kappa shape index (κ2) is 11.6. The predicted octanol–water partition coefficient (Wildman–Crippen LogP) is 1.74. The van der Waals surface area contributed by atoms with Crippen molar-refractivity contribution in [1.29, 1.82) is 0 Å². The monoisotopic (exact) mass is 546 g/mol. The predicted molar refractivity (Wildman–Crippen MR) is 124 cm³/mol. The summed E-state index contributed by atoms with van der Waals surface area (Å²) in [5.41, 5.74) is 1.98. The summed E-state index contributed by atoms with van der Waals surface area (Å²) in [6.07, 6.45) is -1.47. The molecule has 0 atom stereocenters. The van der Waals surface area contributed by atoms with E-state index >= 15 is 0 Å². The Morgan fingerprint density at radius 2 is 1.69 bits per heavy atom. The van der Waals surface area contributed by atoms with Crippen molar-refractivity contribution in [2.75, 3.05) is 37.6 Å². The number of rotatable bonds is 6. The van der Waals surface area contributed by atoms with Gasteiger partial charge in [0.25, 0.3) is 0 Å². The second-order valence-electron chi connectivity index (χ2n) is 7.41. The van der Waals surface area contributed by atoms with E-state index in [4.69, 9.17) is 9.90 Å². The first-order valence-electron chi connectivity index (χ1n) is 10.4. The summed E-state index contributed by atoms with van der Waals surface area (Å²) in [7, 11) is -3.76. The van der Waals surface area contributed by atoms with Crippen molar-refractivity contribution in [3.63, 3.8) is 0 Å². The maximum atomic E-state index is 12.6. The Hall–Kier alpha value is -3.37. The van der Waals surface area contributed by atoms with Crippen LogP contribution in [0.3, 0.4) is 0 Å². The molecule has 0 spiro atoms. The van der Waals surface area contributed by atoms with Gasteiger partial charge in [0.05, 0.1) is 11.7 Å². The molecule has 194 valence electrons. The minimum absolute atomic E-state index is 0.0414. The van der Waals surface area contributed by atoms with E-state index in [0.29, 0.717) is 24.1 Å². The van der Waals surface area contributed by atoms with E-state index in [-0.39, 0.29) is 23.8 Å². The number of carbonyl (C=O) groups is 2. The average Bonchev–Trinajstić information content (AvgIpc) is 3.33. The van der Waals surface area contributed by atoms with E-state index in [9.17, 15) is 26.4 Å². The Balaban J connectivity index is 0.000000454. The summed E-state index contributed by atoms with van der Waals surface area (Å²) >= 11 is 0.969. The van der Waals surface area contributed by atoms with Crippen molar-refractivity contribution in [3.8, 4) is 0 Å². The number of benzene rings is 1. The molecule has 0 aliphatic carbocycles. The van der Waals surface area contributed by atoms with Gasteiger partial charge >= 0.3 is 12.1 Å². The number of pyridine rings is 1. The number of carbonyl (C=O) groups excluding carboxylic acids is 1. The average molecular weight is 547 g/mol. The van der Waals surface area contributed by atoms with Crippen molar-refractivity contribution in [2.45, 2.75) is 17.5 Å². The van der Waals surface area contributed by atoms with Crippen LogP contribution >= 0.6 is 11.7 Å². The number of aliphatic carboxylic acids is 1. The number of amides is 1. The zero-order chi connectivity index (χ0) is 26.3. The van der Waals surface area contributed by atoms with Crippen LogP contribution in [0.25, 0.3) is 11.0 Å². The van der Waals surface area contributed by atoms with E-state index < -0.39 is 22.2 Å². The SMILES string of the molecule is O=C(CCNS(=O)(=O)c1cccc2nsnc12)N1CCN(c2ccncc2)CC1.O=C(O)C(F)(F)F. The van der Waals surface area contributed by atoms with Gasteiger partial charge in [-0.15, -0.1) is 0 Å². The number of piperazine rings is 1. The Kier molecular flexibility index (Phi) is 8.75. The molecule has 1 fully saturated rings. The van der Waals surface area contributed by atoms with Crippen LogP contribution in [0.4, 0.5) is 18.9 Å². The van der Waals surface area contributed by atoms with Gasteiger partial charge in [0, 0.05) is 57.2 Å². The number of carboxylic acid groups (broad SMARTS) is 1. The van der Waals surface area contributed by atoms with Gasteiger partial charge in [-0.2, -0.15) is 21.9 Å². The number of alkyl halides is 3. The fraction of sp³-hybridized carbons (Fsp3) is 0.350. The highest BCUT2D eigenvalue weighted by molar-refractivity contribution is 7.89. The number of fused-ring (bicyclic) bond motifs is 1. The van der Waals surface area contributed by atoms with Crippen molar-refractivity contribution >= 4 is 50.3 Å². The Labute approximate surface area is 207 Å². The van der Waals surface area contributed by atoms with Gasteiger partial charge in [0.2, 0.25) is 15.9 Å². The van der Waals surface area contributed by atoms with E-state index in [1.807, 2.05) is 12.1 Å². The molecule has 2 N–H and O–H groups in total. The number of sulfonamides is 1. The molecule has 0 bridgehead atoms. The molecule has 1 saturated heterocycles. The van der Waals surface area contributed by atoms with Gasteiger partial charge in [-0.3, -0.25) is 9.78 Å². The van der Waals surface area contributed by atoms with Gasteiger partial charge in [-0.05, 0) is 24.3 Å². The first kappa shape index (κ1) is 27.2. The molecule has 0 radical (unpaired) electrons. The van der Waals surface area contributed by atoms with E-state index in [1.165, 1.54) is 6.07 Å². The van der Waals surface area contributed by atoms with Crippen LogP contribution in [0, 0.1) is 0 Å². The van der Waals surface area contributed by atoms with Crippen LogP contribution < -0.4 is 9.62 Å². The summed E-state index contributed by atoms with van der Waals surface area (Å²) in [6, 6.07) is 8.74. The maximum absolute atomic E-state index is 12.6. The van der Waals surface area contributed by atoms with Crippen LogP contribution in [0.2, 0.25) is 0 Å². The lowest BCUT2D eigenvalue weighted by molar-refractivity contribution is -0.192. The molecule has 1 amide bonds. The lowest BCUT2D eigenvalue weighted by Gasteiger charge is -2.36. The van der Waals surface area contributed by atoms with Gasteiger partial charge in [-0.1, -0.05) is 6.07 Å². The third-order valence-corrected chi connectivity index (χ3v) is 7.11. The number of aromatic nitrogens is 3. The molecule has 2 aromatic heterocycles. The summed E-state index contributed by atoms with van der Waals surface area (Å²) < 4.78 is 67.5. The molecule has 1 aromatic carbocycles. The van der Waals surface area contributed by atoms with Crippen LogP contribution in [0.15, 0.2) is 47.6 Å². The van der Waals surface area contributed by atoms with E-state index in [1.54, 1.807) is 29.4 Å². The third-order valence-electron chi connectivity index (χ3n) is 5.07. The number of nitrogens with one attached hydrogen (secondary N) is 1. The lowest BCUT2D eigenvalue weighted by atomic mass is 10.2. The topological polar surface area (TPSA) is 146 Å². The van der Waals surface area contributed by atoms with Gasteiger partial charge in [-0.25, -0.2) is 17.9 Å². The normalized spacial score (nSPS) is 14.3. The summed E-state index contributed by atoms with van der Waals surface area (Å²) in [5, 5.41) is 7.12. The molecule has 1 aliphatic heterocycles. The highest BCUT2D eigenvalue weighted by Gasteiger charge is 2.38. The molecule has 0 saturated carbocycles. The number of nitrogens with zero attached hydrogens (tertiary/aromatic N) is 5. The number of halogens is 3. The van der Waals surface area contributed by atoms with Crippen LogP contribution in [-0.4, -0.2) is 82.9 Å².